The van der Waals surface area contributed by atoms with Crippen molar-refractivity contribution < 1.29 is 15.0 Å². The van der Waals surface area contributed by atoms with E-state index in [-0.39, 0.29) is 12.5 Å². The summed E-state index contributed by atoms with van der Waals surface area (Å²) in [5, 5.41) is 23.3. The van der Waals surface area contributed by atoms with Gasteiger partial charge in [-0.2, -0.15) is 0 Å². The first-order chi connectivity index (χ1) is 28.7. The summed E-state index contributed by atoms with van der Waals surface area (Å²) in [5.74, 6) is -0.0265. The minimum atomic E-state index is -0.657. The number of hydrogen-bond donors (Lipinski definition) is 3. The molecule has 0 aromatic rings. The third-order valence-corrected chi connectivity index (χ3v) is 12.8. The summed E-state index contributed by atoms with van der Waals surface area (Å²) in [6.45, 7) is 4.40. The predicted molar refractivity (Wildman–Crippen MR) is 258 cm³/mol. The van der Waals surface area contributed by atoms with E-state index in [1.54, 1.807) is 0 Å². The molecule has 0 heterocycles. The molecule has 4 heteroatoms. The molecule has 2 atom stereocenters. The van der Waals surface area contributed by atoms with Crippen LogP contribution in [0.15, 0.2) is 12.2 Å². The minimum Gasteiger partial charge on any atom is -0.394 e. The predicted octanol–water partition coefficient (Wildman–Crippen LogP) is 17.4. The molecule has 0 bridgehead atoms. The topological polar surface area (TPSA) is 69.6 Å². The normalized spacial score (nSPS) is 12.8. The van der Waals surface area contributed by atoms with Gasteiger partial charge in [0, 0.05) is 6.42 Å². The smallest absolute Gasteiger partial charge is 0.220 e. The van der Waals surface area contributed by atoms with Gasteiger partial charge in [0.1, 0.15) is 0 Å². The van der Waals surface area contributed by atoms with E-state index in [1.807, 2.05) is 0 Å². The van der Waals surface area contributed by atoms with Gasteiger partial charge in [0.15, 0.2) is 0 Å². The average Bonchev–Trinajstić information content (AvgIpc) is 3.23. The van der Waals surface area contributed by atoms with E-state index in [2.05, 4.69) is 31.3 Å². The molecule has 0 rings (SSSR count). The van der Waals surface area contributed by atoms with Crippen LogP contribution in [-0.2, 0) is 4.79 Å². The zero-order chi connectivity index (χ0) is 42.1. The number of hydrogen-bond acceptors (Lipinski definition) is 3. The van der Waals surface area contributed by atoms with Gasteiger partial charge in [0.05, 0.1) is 18.8 Å². The molecule has 0 radical (unpaired) electrons. The maximum absolute atomic E-state index is 12.5. The number of aliphatic hydroxyl groups is 2. The monoisotopic (exact) mass is 818 g/mol. The zero-order valence-electron chi connectivity index (χ0n) is 39.8. The summed E-state index contributed by atoms with van der Waals surface area (Å²) in [6, 6.07) is -0.534. The van der Waals surface area contributed by atoms with Gasteiger partial charge in [0.2, 0.25) is 5.91 Å². The van der Waals surface area contributed by atoms with Crippen molar-refractivity contribution in [1.82, 2.24) is 5.32 Å². The average molecular weight is 818 g/mol. The van der Waals surface area contributed by atoms with Gasteiger partial charge in [-0.05, 0) is 38.5 Å². The van der Waals surface area contributed by atoms with Gasteiger partial charge in [-0.15, -0.1) is 0 Å². The minimum absolute atomic E-state index is 0.0265. The van der Waals surface area contributed by atoms with E-state index in [4.69, 9.17) is 0 Å². The van der Waals surface area contributed by atoms with Crippen molar-refractivity contribution in [3.8, 4) is 0 Å². The lowest BCUT2D eigenvalue weighted by molar-refractivity contribution is -0.123. The molecule has 0 aliphatic heterocycles. The van der Waals surface area contributed by atoms with E-state index >= 15 is 0 Å². The molecule has 0 fully saturated rings. The lowest BCUT2D eigenvalue weighted by atomic mass is 10.0. The van der Waals surface area contributed by atoms with Crippen molar-refractivity contribution in [1.29, 1.82) is 0 Å². The summed E-state index contributed by atoms with van der Waals surface area (Å²) in [5.41, 5.74) is 0. The fraction of sp³-hybridized carbons (Fsp3) is 0.944. The number of aliphatic hydroxyl groups excluding tert-OH is 2. The molecular weight excluding hydrogens is 711 g/mol. The lowest BCUT2D eigenvalue weighted by Crippen LogP contribution is -2.45. The highest BCUT2D eigenvalue weighted by molar-refractivity contribution is 5.76. The standard InChI is InChI=1S/C54H107NO3/c1-3-5-7-9-11-13-15-17-19-21-23-24-25-26-27-28-29-30-32-34-36-38-40-42-44-46-48-50-54(58)55-52(51-56)53(57)49-47-45-43-41-39-37-35-33-31-22-20-18-16-14-12-10-8-6-4-2/h26-27,52-53,56-57H,3-25,28-51H2,1-2H3,(H,55,58)/b27-26-. The highest BCUT2D eigenvalue weighted by Crippen LogP contribution is 2.17. The van der Waals surface area contributed by atoms with Crippen LogP contribution in [0.5, 0.6) is 0 Å². The summed E-state index contributed by atoms with van der Waals surface area (Å²) >= 11 is 0. The number of nitrogens with one attached hydrogen (secondary N) is 1. The first-order valence-electron chi connectivity index (χ1n) is 26.9. The Kier molecular flexibility index (Phi) is 49.7. The number of carbonyl (C=O) groups excluding carboxylic acids is 1. The summed E-state index contributed by atoms with van der Waals surface area (Å²) in [7, 11) is 0. The molecule has 0 spiro atoms. The largest absolute Gasteiger partial charge is 0.394 e. The molecule has 0 aromatic carbocycles. The number of allylic oxidation sites excluding steroid dienone is 2. The second kappa shape index (κ2) is 50.5. The molecule has 3 N–H and O–H groups in total. The SMILES string of the molecule is CCCCCCCCCCCCCC/C=C\CCCCCCCCCCCCCC(=O)NC(CO)C(O)CCCCCCCCCCCCCCCCCCCCC. The molecule has 1 amide bonds. The van der Waals surface area contributed by atoms with Gasteiger partial charge in [-0.3, -0.25) is 4.79 Å². The van der Waals surface area contributed by atoms with Gasteiger partial charge >= 0.3 is 0 Å². The van der Waals surface area contributed by atoms with E-state index in [1.165, 1.54) is 257 Å². The Balaban J connectivity index is 3.43. The van der Waals surface area contributed by atoms with Crippen molar-refractivity contribution in [2.75, 3.05) is 6.61 Å². The fourth-order valence-corrected chi connectivity index (χ4v) is 8.65. The highest BCUT2D eigenvalue weighted by atomic mass is 16.3. The molecule has 0 saturated carbocycles. The number of rotatable bonds is 50. The quantitative estimate of drug-likeness (QED) is 0.0423. The molecule has 0 aliphatic rings. The first-order valence-corrected chi connectivity index (χ1v) is 26.9. The van der Waals surface area contributed by atoms with Crippen LogP contribution in [-0.4, -0.2) is 34.9 Å². The Morgan fingerprint density at radius 2 is 0.655 bits per heavy atom. The maximum Gasteiger partial charge on any atom is 0.220 e. The van der Waals surface area contributed by atoms with E-state index in [0.717, 1.165) is 25.7 Å². The molecular formula is C54H107NO3. The Morgan fingerprint density at radius 1 is 0.397 bits per heavy atom. The molecule has 0 saturated heterocycles. The molecule has 0 aliphatic carbocycles. The van der Waals surface area contributed by atoms with Crippen LogP contribution >= 0.6 is 0 Å². The van der Waals surface area contributed by atoms with Gasteiger partial charge in [0.25, 0.3) is 0 Å². The van der Waals surface area contributed by atoms with Crippen LogP contribution in [0.3, 0.4) is 0 Å². The van der Waals surface area contributed by atoms with Crippen LogP contribution in [0.25, 0.3) is 0 Å². The van der Waals surface area contributed by atoms with E-state index < -0.39 is 12.1 Å². The van der Waals surface area contributed by atoms with Crippen LogP contribution in [0.2, 0.25) is 0 Å². The second-order valence-corrected chi connectivity index (χ2v) is 18.7. The van der Waals surface area contributed by atoms with Gasteiger partial charge in [-0.1, -0.05) is 276 Å². The summed E-state index contributed by atoms with van der Waals surface area (Å²) in [6.07, 6.45) is 64.7. The highest BCUT2D eigenvalue weighted by Gasteiger charge is 2.20. The lowest BCUT2D eigenvalue weighted by Gasteiger charge is -2.22. The van der Waals surface area contributed by atoms with Crippen LogP contribution in [0.4, 0.5) is 0 Å². The molecule has 346 valence electrons. The molecule has 2 unspecified atom stereocenters. The number of carbonyl (C=O) groups is 1. The fourth-order valence-electron chi connectivity index (χ4n) is 8.65. The number of unbranched alkanes of at least 4 members (excludes halogenated alkanes) is 41. The number of amides is 1. The van der Waals surface area contributed by atoms with Crippen molar-refractivity contribution >= 4 is 5.91 Å². The summed E-state index contributed by atoms with van der Waals surface area (Å²) < 4.78 is 0. The first kappa shape index (κ1) is 57.1. The van der Waals surface area contributed by atoms with Crippen LogP contribution in [0, 0.1) is 0 Å². The summed E-state index contributed by atoms with van der Waals surface area (Å²) in [4.78, 5) is 12.5. The van der Waals surface area contributed by atoms with Crippen molar-refractivity contribution in [3.63, 3.8) is 0 Å². The third-order valence-electron chi connectivity index (χ3n) is 12.8. The van der Waals surface area contributed by atoms with Gasteiger partial charge < -0.3 is 15.5 Å². The molecule has 0 aromatic heterocycles. The second-order valence-electron chi connectivity index (χ2n) is 18.7. The Labute approximate surface area is 365 Å². The third kappa shape index (κ3) is 46.2. The Bertz CT molecular complexity index is 799. The van der Waals surface area contributed by atoms with Crippen molar-refractivity contribution in [2.45, 2.75) is 321 Å². The molecule has 58 heavy (non-hydrogen) atoms. The van der Waals surface area contributed by atoms with Crippen LogP contribution in [0.1, 0.15) is 309 Å². The molecule has 4 nitrogen and oxygen atoms in total. The van der Waals surface area contributed by atoms with Gasteiger partial charge in [-0.25, -0.2) is 0 Å². The van der Waals surface area contributed by atoms with Crippen molar-refractivity contribution in [3.05, 3.63) is 12.2 Å². The van der Waals surface area contributed by atoms with E-state index in [9.17, 15) is 15.0 Å². The maximum atomic E-state index is 12.5. The van der Waals surface area contributed by atoms with Crippen LogP contribution < -0.4 is 5.32 Å². The Morgan fingerprint density at radius 3 is 0.948 bits per heavy atom. The van der Waals surface area contributed by atoms with E-state index in [0.29, 0.717) is 12.8 Å². The Hall–Kier alpha value is -0.870. The zero-order valence-corrected chi connectivity index (χ0v) is 39.8. The van der Waals surface area contributed by atoms with Crippen molar-refractivity contribution in [2.24, 2.45) is 0 Å².